The van der Waals surface area contributed by atoms with E-state index >= 15 is 0 Å². The number of benzene rings is 3. The highest BCUT2D eigenvalue weighted by atomic mass is 35.5. The zero-order valence-corrected chi connectivity index (χ0v) is 15.6. The molecule has 6 heteroatoms. The SMILES string of the molecule is O=c1c2ccccc2nc(-c2ccc(Cl)cc2)n1-c1ccc(Cl)c(Cl)c1. The minimum absolute atomic E-state index is 0.182. The maximum absolute atomic E-state index is 13.2. The van der Waals surface area contributed by atoms with Gasteiger partial charge in [-0.2, -0.15) is 0 Å². The quantitative estimate of drug-likeness (QED) is 0.412. The van der Waals surface area contributed by atoms with E-state index in [2.05, 4.69) is 0 Å². The Morgan fingerprint density at radius 3 is 2.27 bits per heavy atom. The van der Waals surface area contributed by atoms with Gasteiger partial charge in [0, 0.05) is 10.6 Å². The molecule has 0 atom stereocenters. The van der Waals surface area contributed by atoms with Crippen molar-refractivity contribution in [3.63, 3.8) is 0 Å². The van der Waals surface area contributed by atoms with Crippen LogP contribution in [0.2, 0.25) is 15.1 Å². The monoisotopic (exact) mass is 400 g/mol. The maximum Gasteiger partial charge on any atom is 0.266 e. The van der Waals surface area contributed by atoms with E-state index in [1.54, 1.807) is 36.4 Å². The van der Waals surface area contributed by atoms with E-state index in [0.29, 0.717) is 37.5 Å². The number of para-hydroxylation sites is 1. The fourth-order valence-corrected chi connectivity index (χ4v) is 3.21. The zero-order chi connectivity index (χ0) is 18.3. The van der Waals surface area contributed by atoms with Crippen molar-refractivity contribution in [1.82, 2.24) is 9.55 Å². The van der Waals surface area contributed by atoms with Crippen molar-refractivity contribution in [2.75, 3.05) is 0 Å². The average molecular weight is 402 g/mol. The number of fused-ring (bicyclic) bond motifs is 1. The van der Waals surface area contributed by atoms with Gasteiger partial charge < -0.3 is 0 Å². The molecule has 4 aromatic rings. The van der Waals surface area contributed by atoms with Crippen LogP contribution in [0, 0.1) is 0 Å². The van der Waals surface area contributed by atoms with Crippen molar-refractivity contribution < 1.29 is 0 Å². The Morgan fingerprint density at radius 2 is 1.54 bits per heavy atom. The second-order valence-electron chi connectivity index (χ2n) is 5.70. The first-order valence-electron chi connectivity index (χ1n) is 7.78. The van der Waals surface area contributed by atoms with Crippen LogP contribution >= 0.6 is 34.8 Å². The number of hydrogen-bond donors (Lipinski definition) is 0. The Labute approximate surface area is 164 Å². The molecule has 0 saturated heterocycles. The molecule has 0 bridgehead atoms. The van der Waals surface area contributed by atoms with Crippen LogP contribution in [0.25, 0.3) is 28.0 Å². The molecule has 3 aromatic carbocycles. The average Bonchev–Trinajstić information content (AvgIpc) is 2.65. The third-order valence-electron chi connectivity index (χ3n) is 4.04. The molecule has 0 spiro atoms. The third kappa shape index (κ3) is 2.99. The molecule has 26 heavy (non-hydrogen) atoms. The summed E-state index contributed by atoms with van der Waals surface area (Å²) in [5.74, 6) is 0.503. The second-order valence-corrected chi connectivity index (χ2v) is 6.95. The third-order valence-corrected chi connectivity index (χ3v) is 5.03. The van der Waals surface area contributed by atoms with Gasteiger partial charge in [0.25, 0.3) is 5.56 Å². The fraction of sp³-hybridized carbons (Fsp3) is 0. The number of aromatic nitrogens is 2. The molecule has 128 valence electrons. The standard InChI is InChI=1S/C20H11Cl3N2O/c21-13-7-5-12(6-8-13)19-24-18-4-2-1-3-15(18)20(26)25(19)14-9-10-16(22)17(23)11-14/h1-11H. The van der Waals surface area contributed by atoms with Crippen LogP contribution < -0.4 is 5.56 Å². The van der Waals surface area contributed by atoms with Gasteiger partial charge in [-0.25, -0.2) is 4.98 Å². The van der Waals surface area contributed by atoms with E-state index in [4.69, 9.17) is 39.8 Å². The smallest absolute Gasteiger partial charge is 0.266 e. The lowest BCUT2D eigenvalue weighted by molar-refractivity contribution is 0.976. The van der Waals surface area contributed by atoms with Gasteiger partial charge in [-0.3, -0.25) is 9.36 Å². The van der Waals surface area contributed by atoms with Crippen molar-refractivity contribution in [3.05, 3.63) is 92.2 Å². The van der Waals surface area contributed by atoms with Crippen LogP contribution in [0.3, 0.4) is 0 Å². The van der Waals surface area contributed by atoms with E-state index < -0.39 is 0 Å². The molecular weight excluding hydrogens is 391 g/mol. The number of halogens is 3. The summed E-state index contributed by atoms with van der Waals surface area (Å²) in [6.45, 7) is 0. The lowest BCUT2D eigenvalue weighted by Crippen LogP contribution is -2.22. The highest BCUT2D eigenvalue weighted by Crippen LogP contribution is 2.28. The lowest BCUT2D eigenvalue weighted by atomic mass is 10.1. The van der Waals surface area contributed by atoms with E-state index in [0.717, 1.165) is 5.56 Å². The summed E-state index contributed by atoms with van der Waals surface area (Å²) in [5.41, 5.74) is 1.80. The molecule has 0 aliphatic rings. The van der Waals surface area contributed by atoms with E-state index in [1.807, 2.05) is 30.3 Å². The summed E-state index contributed by atoms with van der Waals surface area (Å²) >= 11 is 18.2. The van der Waals surface area contributed by atoms with Crippen LogP contribution in [0.1, 0.15) is 0 Å². The van der Waals surface area contributed by atoms with Gasteiger partial charge >= 0.3 is 0 Å². The number of rotatable bonds is 2. The molecule has 1 aromatic heterocycles. The van der Waals surface area contributed by atoms with Gasteiger partial charge in [0.15, 0.2) is 0 Å². The minimum atomic E-state index is -0.182. The first-order valence-corrected chi connectivity index (χ1v) is 8.91. The lowest BCUT2D eigenvalue weighted by Gasteiger charge is -2.14. The number of nitrogens with zero attached hydrogens (tertiary/aromatic N) is 2. The first kappa shape index (κ1) is 17.1. The predicted molar refractivity (Wildman–Crippen MR) is 108 cm³/mol. The van der Waals surface area contributed by atoms with Gasteiger partial charge in [0.1, 0.15) is 5.82 Å². The first-order chi connectivity index (χ1) is 12.5. The summed E-state index contributed by atoms with van der Waals surface area (Å²) in [4.78, 5) is 17.9. The van der Waals surface area contributed by atoms with Crippen molar-refractivity contribution in [1.29, 1.82) is 0 Å². The van der Waals surface area contributed by atoms with Crippen LogP contribution in [0.4, 0.5) is 0 Å². The summed E-state index contributed by atoms with van der Waals surface area (Å²) in [6.07, 6.45) is 0. The van der Waals surface area contributed by atoms with Crippen LogP contribution in [-0.2, 0) is 0 Å². The molecule has 0 N–H and O–H groups in total. The van der Waals surface area contributed by atoms with Gasteiger partial charge in [0.2, 0.25) is 0 Å². The highest BCUT2D eigenvalue weighted by Gasteiger charge is 2.15. The summed E-state index contributed by atoms with van der Waals surface area (Å²) in [5, 5.41) is 1.92. The molecule has 0 saturated carbocycles. The topological polar surface area (TPSA) is 34.9 Å². The molecule has 4 rings (SSSR count). The second kappa shape index (κ2) is 6.76. The summed E-state index contributed by atoms with van der Waals surface area (Å²) in [7, 11) is 0. The van der Waals surface area contributed by atoms with E-state index in [-0.39, 0.29) is 5.56 Å². The van der Waals surface area contributed by atoms with Crippen LogP contribution in [0.15, 0.2) is 71.5 Å². The molecule has 0 fully saturated rings. The fourth-order valence-electron chi connectivity index (χ4n) is 2.79. The van der Waals surface area contributed by atoms with Gasteiger partial charge in [-0.05, 0) is 54.6 Å². The highest BCUT2D eigenvalue weighted by molar-refractivity contribution is 6.42. The van der Waals surface area contributed by atoms with Crippen molar-refractivity contribution in [3.8, 4) is 17.1 Å². The normalized spacial score (nSPS) is 11.0. The molecule has 0 radical (unpaired) electrons. The molecule has 0 aliphatic heterocycles. The minimum Gasteiger partial charge on any atom is -0.268 e. The molecule has 0 aliphatic carbocycles. The molecule has 0 amide bonds. The Balaban J connectivity index is 2.10. The van der Waals surface area contributed by atoms with Crippen molar-refractivity contribution in [2.24, 2.45) is 0 Å². The molecular formula is C20H11Cl3N2O. The predicted octanol–water partition coefficient (Wildman–Crippen LogP) is 6.01. The summed E-state index contributed by atoms with van der Waals surface area (Å²) in [6, 6.07) is 19.5. The zero-order valence-electron chi connectivity index (χ0n) is 13.3. The van der Waals surface area contributed by atoms with Crippen molar-refractivity contribution in [2.45, 2.75) is 0 Å². The van der Waals surface area contributed by atoms with Crippen LogP contribution in [-0.4, -0.2) is 9.55 Å². The number of hydrogen-bond acceptors (Lipinski definition) is 2. The van der Waals surface area contributed by atoms with E-state index in [1.165, 1.54) is 4.57 Å². The van der Waals surface area contributed by atoms with Gasteiger partial charge in [-0.15, -0.1) is 0 Å². The molecule has 0 unspecified atom stereocenters. The molecule has 1 heterocycles. The Kier molecular flexibility index (Phi) is 4.45. The maximum atomic E-state index is 13.2. The van der Waals surface area contributed by atoms with Gasteiger partial charge in [-0.1, -0.05) is 46.9 Å². The van der Waals surface area contributed by atoms with Gasteiger partial charge in [0.05, 0.1) is 26.6 Å². The molecule has 3 nitrogen and oxygen atoms in total. The Hall–Kier alpha value is -2.33. The largest absolute Gasteiger partial charge is 0.268 e. The van der Waals surface area contributed by atoms with Crippen molar-refractivity contribution >= 4 is 45.7 Å². The Morgan fingerprint density at radius 1 is 0.808 bits per heavy atom. The van der Waals surface area contributed by atoms with E-state index in [9.17, 15) is 4.79 Å². The summed E-state index contributed by atoms with van der Waals surface area (Å²) < 4.78 is 1.54. The van der Waals surface area contributed by atoms with Crippen LogP contribution in [0.5, 0.6) is 0 Å². The Bertz CT molecular complexity index is 1180.